The normalized spacial score (nSPS) is 25.8. The lowest BCUT2D eigenvalue weighted by molar-refractivity contribution is -0.121. The highest BCUT2D eigenvalue weighted by Crippen LogP contribution is 2.26. The fourth-order valence-corrected chi connectivity index (χ4v) is 2.22. The van der Waals surface area contributed by atoms with Crippen LogP contribution in [0.2, 0.25) is 0 Å². The predicted octanol–water partition coefficient (Wildman–Crippen LogP) is 2.06. The van der Waals surface area contributed by atoms with Gasteiger partial charge in [0.2, 0.25) is 5.91 Å². The van der Waals surface area contributed by atoms with Crippen LogP contribution in [0.5, 0.6) is 0 Å². The van der Waals surface area contributed by atoms with E-state index in [-0.39, 0.29) is 5.91 Å². The molecule has 1 aliphatic rings. The Morgan fingerprint density at radius 3 is 2.50 bits per heavy atom. The van der Waals surface area contributed by atoms with Gasteiger partial charge in [-0.05, 0) is 43.9 Å². The van der Waals surface area contributed by atoms with E-state index in [1.807, 2.05) is 0 Å². The number of nitrogens with two attached hydrogens (primary N) is 1. The van der Waals surface area contributed by atoms with Crippen LogP contribution in [0.15, 0.2) is 0 Å². The Labute approximate surface area is 99.2 Å². The maximum Gasteiger partial charge on any atom is 0.220 e. The van der Waals surface area contributed by atoms with E-state index in [2.05, 4.69) is 19.2 Å². The first-order valence-corrected chi connectivity index (χ1v) is 6.60. The summed E-state index contributed by atoms with van der Waals surface area (Å²) >= 11 is 0. The van der Waals surface area contributed by atoms with Crippen molar-refractivity contribution in [1.82, 2.24) is 5.32 Å². The van der Waals surface area contributed by atoms with Crippen molar-refractivity contribution in [2.24, 2.45) is 17.6 Å². The fraction of sp³-hybridized carbons (Fsp3) is 0.923. The third-order valence-corrected chi connectivity index (χ3v) is 3.38. The van der Waals surface area contributed by atoms with E-state index in [0.717, 1.165) is 31.7 Å². The third kappa shape index (κ3) is 5.50. The van der Waals surface area contributed by atoms with Crippen LogP contribution in [0.1, 0.15) is 52.4 Å². The van der Waals surface area contributed by atoms with Gasteiger partial charge in [0.1, 0.15) is 0 Å². The quantitative estimate of drug-likeness (QED) is 0.754. The highest BCUT2D eigenvalue weighted by molar-refractivity contribution is 5.75. The lowest BCUT2D eigenvalue weighted by atomic mass is 9.84. The summed E-state index contributed by atoms with van der Waals surface area (Å²) in [5.41, 5.74) is 5.85. The zero-order valence-electron chi connectivity index (χ0n) is 10.7. The molecule has 0 aromatic heterocycles. The summed E-state index contributed by atoms with van der Waals surface area (Å²) in [6.07, 6.45) is 6.41. The zero-order chi connectivity index (χ0) is 12.0. The lowest BCUT2D eigenvalue weighted by Crippen LogP contribution is -2.29. The second-order valence-corrected chi connectivity index (χ2v) is 5.52. The Hall–Kier alpha value is -0.570. The predicted molar refractivity (Wildman–Crippen MR) is 67.0 cm³/mol. The molecule has 3 heteroatoms. The summed E-state index contributed by atoms with van der Waals surface area (Å²) in [7, 11) is 0. The number of amides is 1. The molecule has 1 rings (SSSR count). The van der Waals surface area contributed by atoms with E-state index < -0.39 is 0 Å². The van der Waals surface area contributed by atoms with E-state index in [1.165, 1.54) is 12.8 Å². The molecular formula is C13H26N2O. The first-order chi connectivity index (χ1) is 7.58. The summed E-state index contributed by atoms with van der Waals surface area (Å²) in [5.74, 6) is 1.48. The van der Waals surface area contributed by atoms with Crippen molar-refractivity contribution in [3.8, 4) is 0 Å². The standard InChI is InChI=1S/C13H26N2O/c1-10(2)9-15-13(16)8-5-11-3-6-12(14)7-4-11/h10-12H,3-9,14H2,1-2H3,(H,15,16). The maximum atomic E-state index is 11.5. The Kier molecular flexibility index (Phi) is 5.81. The lowest BCUT2D eigenvalue weighted by Gasteiger charge is -2.25. The number of carbonyl (C=O) groups is 1. The van der Waals surface area contributed by atoms with Gasteiger partial charge in [-0.1, -0.05) is 13.8 Å². The van der Waals surface area contributed by atoms with Crippen LogP contribution >= 0.6 is 0 Å². The van der Waals surface area contributed by atoms with Gasteiger partial charge in [-0.3, -0.25) is 4.79 Å². The summed E-state index contributed by atoms with van der Waals surface area (Å²) < 4.78 is 0. The minimum atomic E-state index is 0.212. The molecule has 0 saturated heterocycles. The summed E-state index contributed by atoms with van der Waals surface area (Å²) in [4.78, 5) is 11.5. The Balaban J connectivity index is 2.07. The highest BCUT2D eigenvalue weighted by Gasteiger charge is 2.18. The Morgan fingerprint density at radius 1 is 1.31 bits per heavy atom. The van der Waals surface area contributed by atoms with Crippen LogP contribution in [0.3, 0.4) is 0 Å². The average Bonchev–Trinajstić information content (AvgIpc) is 2.25. The van der Waals surface area contributed by atoms with Crippen LogP contribution in [-0.2, 0) is 4.79 Å². The molecular weight excluding hydrogens is 200 g/mol. The molecule has 0 aliphatic heterocycles. The number of rotatable bonds is 5. The molecule has 1 saturated carbocycles. The molecule has 0 unspecified atom stereocenters. The number of hydrogen-bond donors (Lipinski definition) is 2. The molecule has 0 bridgehead atoms. The van der Waals surface area contributed by atoms with Crippen molar-refractivity contribution >= 4 is 5.91 Å². The van der Waals surface area contributed by atoms with Gasteiger partial charge in [-0.2, -0.15) is 0 Å². The average molecular weight is 226 g/mol. The number of nitrogens with one attached hydrogen (secondary N) is 1. The monoisotopic (exact) mass is 226 g/mol. The van der Waals surface area contributed by atoms with Gasteiger partial charge in [0.15, 0.2) is 0 Å². The van der Waals surface area contributed by atoms with Gasteiger partial charge in [-0.15, -0.1) is 0 Å². The molecule has 94 valence electrons. The molecule has 0 atom stereocenters. The van der Waals surface area contributed by atoms with Crippen LogP contribution in [0.25, 0.3) is 0 Å². The van der Waals surface area contributed by atoms with E-state index in [9.17, 15) is 4.79 Å². The van der Waals surface area contributed by atoms with E-state index >= 15 is 0 Å². The van der Waals surface area contributed by atoms with Gasteiger partial charge < -0.3 is 11.1 Å². The van der Waals surface area contributed by atoms with Gasteiger partial charge >= 0.3 is 0 Å². The van der Waals surface area contributed by atoms with Crippen LogP contribution in [0, 0.1) is 11.8 Å². The molecule has 1 fully saturated rings. The van der Waals surface area contributed by atoms with Gasteiger partial charge in [0.25, 0.3) is 0 Å². The highest BCUT2D eigenvalue weighted by atomic mass is 16.1. The molecule has 0 aromatic rings. The van der Waals surface area contributed by atoms with Crippen LogP contribution in [0.4, 0.5) is 0 Å². The molecule has 0 aromatic carbocycles. The second kappa shape index (κ2) is 6.89. The molecule has 1 amide bonds. The maximum absolute atomic E-state index is 11.5. The van der Waals surface area contributed by atoms with Gasteiger partial charge in [-0.25, -0.2) is 0 Å². The van der Waals surface area contributed by atoms with Gasteiger partial charge in [0, 0.05) is 19.0 Å². The van der Waals surface area contributed by atoms with Crippen molar-refractivity contribution in [2.75, 3.05) is 6.54 Å². The smallest absolute Gasteiger partial charge is 0.220 e. The molecule has 0 spiro atoms. The molecule has 0 radical (unpaired) electrons. The number of hydrogen-bond acceptors (Lipinski definition) is 2. The van der Waals surface area contributed by atoms with Crippen molar-refractivity contribution < 1.29 is 4.79 Å². The molecule has 16 heavy (non-hydrogen) atoms. The minimum absolute atomic E-state index is 0.212. The molecule has 3 nitrogen and oxygen atoms in total. The molecule has 3 N–H and O–H groups in total. The SMILES string of the molecule is CC(C)CNC(=O)CCC1CCC(N)CC1. The first-order valence-electron chi connectivity index (χ1n) is 6.60. The Morgan fingerprint density at radius 2 is 1.94 bits per heavy atom. The van der Waals surface area contributed by atoms with Crippen LogP contribution < -0.4 is 11.1 Å². The van der Waals surface area contributed by atoms with Crippen molar-refractivity contribution in [1.29, 1.82) is 0 Å². The summed E-state index contributed by atoms with van der Waals surface area (Å²) in [5, 5.41) is 2.97. The summed E-state index contributed by atoms with van der Waals surface area (Å²) in [6.45, 7) is 5.03. The number of carbonyl (C=O) groups excluding carboxylic acids is 1. The third-order valence-electron chi connectivity index (χ3n) is 3.38. The van der Waals surface area contributed by atoms with Crippen molar-refractivity contribution in [2.45, 2.75) is 58.4 Å². The van der Waals surface area contributed by atoms with E-state index in [4.69, 9.17) is 5.73 Å². The largest absolute Gasteiger partial charge is 0.356 e. The van der Waals surface area contributed by atoms with Crippen LogP contribution in [-0.4, -0.2) is 18.5 Å². The fourth-order valence-electron chi connectivity index (χ4n) is 2.22. The van der Waals surface area contributed by atoms with E-state index in [0.29, 0.717) is 18.4 Å². The van der Waals surface area contributed by atoms with Crippen molar-refractivity contribution in [3.63, 3.8) is 0 Å². The summed E-state index contributed by atoms with van der Waals surface area (Å²) in [6, 6.07) is 0.408. The van der Waals surface area contributed by atoms with Gasteiger partial charge in [0.05, 0.1) is 0 Å². The van der Waals surface area contributed by atoms with Crippen molar-refractivity contribution in [3.05, 3.63) is 0 Å². The minimum Gasteiger partial charge on any atom is -0.356 e. The molecule has 0 heterocycles. The first kappa shape index (κ1) is 13.5. The van der Waals surface area contributed by atoms with E-state index in [1.54, 1.807) is 0 Å². The second-order valence-electron chi connectivity index (χ2n) is 5.52. The topological polar surface area (TPSA) is 55.1 Å². The molecule has 1 aliphatic carbocycles. The Bertz CT molecular complexity index is 208. The zero-order valence-corrected chi connectivity index (χ0v) is 10.7.